The van der Waals surface area contributed by atoms with Crippen LogP contribution in [0.5, 0.6) is 0 Å². The summed E-state index contributed by atoms with van der Waals surface area (Å²) in [5, 5.41) is 3.39. The smallest absolute Gasteiger partial charge is 0.410 e. The fraction of sp³-hybridized carbons (Fsp3) is 0.400. The van der Waals surface area contributed by atoms with Gasteiger partial charge in [0.15, 0.2) is 0 Å². The molecule has 2 aliphatic rings. The number of rotatable bonds is 5. The van der Waals surface area contributed by atoms with Gasteiger partial charge in [-0.25, -0.2) is 9.18 Å². The van der Waals surface area contributed by atoms with Crippen molar-refractivity contribution in [2.75, 3.05) is 19.6 Å². The van der Waals surface area contributed by atoms with E-state index >= 15 is 0 Å². The summed E-state index contributed by atoms with van der Waals surface area (Å²) in [6, 6.07) is 15.2. The average molecular weight is 488 g/mol. The molecular weight excluding hydrogens is 453 g/mol. The lowest BCUT2D eigenvalue weighted by atomic mass is 9.64. The van der Waals surface area contributed by atoms with Crippen LogP contribution in [0.2, 0.25) is 0 Å². The standard InChI is InChI=1S/C30H34FN3O2/c1-5-20-8-6-7-9-24(20)26-15-23(31)11-10-21(26)14-22-16-32-13-12-25(22)27-30(17-33-18-30)19-34(27)28(35)36-29(2,3)4/h6-13,15-16,27,33H,5,14,17-19H2,1-4H3. The Bertz CT molecular complexity index is 1280. The van der Waals surface area contributed by atoms with Gasteiger partial charge >= 0.3 is 6.09 Å². The molecule has 0 bridgehead atoms. The van der Waals surface area contributed by atoms with Crippen LogP contribution in [0.4, 0.5) is 9.18 Å². The van der Waals surface area contributed by atoms with Crippen molar-refractivity contribution in [2.24, 2.45) is 5.41 Å². The highest BCUT2D eigenvalue weighted by Gasteiger charge is 2.59. The summed E-state index contributed by atoms with van der Waals surface area (Å²) < 4.78 is 20.2. The van der Waals surface area contributed by atoms with Crippen LogP contribution >= 0.6 is 0 Å². The number of benzene rings is 2. The maximum Gasteiger partial charge on any atom is 0.410 e. The Balaban J connectivity index is 1.53. The highest BCUT2D eigenvalue weighted by atomic mass is 19.1. The monoisotopic (exact) mass is 487 g/mol. The number of halogens is 1. The van der Waals surface area contributed by atoms with Crippen LogP contribution in [-0.2, 0) is 17.6 Å². The van der Waals surface area contributed by atoms with Gasteiger partial charge in [0.05, 0.1) is 6.04 Å². The fourth-order valence-electron chi connectivity index (χ4n) is 5.58. The summed E-state index contributed by atoms with van der Waals surface area (Å²) in [6.45, 7) is 10.2. The summed E-state index contributed by atoms with van der Waals surface area (Å²) in [4.78, 5) is 19.4. The molecule has 1 aromatic heterocycles. The van der Waals surface area contributed by atoms with E-state index < -0.39 is 5.60 Å². The van der Waals surface area contributed by atoms with E-state index in [9.17, 15) is 9.18 Å². The third kappa shape index (κ3) is 4.50. The SMILES string of the molecule is CCc1ccccc1-c1cc(F)ccc1Cc1cnccc1C1N(C(=O)OC(C)(C)C)CC12CNC2. The number of carbonyl (C=O) groups is 1. The van der Waals surface area contributed by atoms with Crippen LogP contribution in [-0.4, -0.2) is 41.2 Å². The molecule has 5 rings (SSSR count). The Kier molecular flexibility index (Phi) is 6.33. The third-order valence-corrected chi connectivity index (χ3v) is 7.34. The van der Waals surface area contributed by atoms with Crippen molar-refractivity contribution in [1.29, 1.82) is 0 Å². The summed E-state index contributed by atoms with van der Waals surface area (Å²) in [5.41, 5.74) is 5.76. The van der Waals surface area contributed by atoms with E-state index in [-0.39, 0.29) is 23.4 Å². The average Bonchev–Trinajstić information content (AvgIpc) is 2.78. The number of ether oxygens (including phenoxy) is 1. The van der Waals surface area contributed by atoms with Crippen LogP contribution in [0.3, 0.4) is 0 Å². The van der Waals surface area contributed by atoms with Gasteiger partial charge in [-0.1, -0.05) is 37.3 Å². The Morgan fingerprint density at radius 3 is 2.58 bits per heavy atom. The molecule has 36 heavy (non-hydrogen) atoms. The molecule has 1 unspecified atom stereocenters. The van der Waals surface area contributed by atoms with Crippen molar-refractivity contribution in [3.05, 3.63) is 89.0 Å². The number of nitrogens with one attached hydrogen (secondary N) is 1. The second-order valence-corrected chi connectivity index (χ2v) is 11.0. The Morgan fingerprint density at radius 2 is 1.89 bits per heavy atom. The van der Waals surface area contributed by atoms with Gasteiger partial charge in [0.1, 0.15) is 11.4 Å². The first kappa shape index (κ1) is 24.4. The molecule has 2 fully saturated rings. The molecule has 2 saturated heterocycles. The lowest BCUT2D eigenvalue weighted by Crippen LogP contribution is -2.73. The number of pyridine rings is 1. The molecule has 1 spiro atoms. The molecule has 2 aromatic carbocycles. The summed E-state index contributed by atoms with van der Waals surface area (Å²) in [6.07, 6.45) is 4.86. The van der Waals surface area contributed by atoms with Gasteiger partial charge in [-0.15, -0.1) is 0 Å². The van der Waals surface area contributed by atoms with Gasteiger partial charge in [-0.2, -0.15) is 0 Å². The molecule has 3 aromatic rings. The van der Waals surface area contributed by atoms with E-state index in [1.54, 1.807) is 12.3 Å². The second-order valence-electron chi connectivity index (χ2n) is 11.0. The minimum atomic E-state index is -0.557. The topological polar surface area (TPSA) is 54.5 Å². The highest BCUT2D eigenvalue weighted by molar-refractivity contribution is 5.72. The normalized spacial score (nSPS) is 18.5. The molecule has 1 amide bonds. The van der Waals surface area contributed by atoms with E-state index in [1.807, 2.05) is 56.1 Å². The lowest BCUT2D eigenvalue weighted by molar-refractivity contribution is -0.108. The number of amides is 1. The van der Waals surface area contributed by atoms with Gasteiger partial charge < -0.3 is 10.1 Å². The number of nitrogens with zero attached hydrogens (tertiary/aromatic N) is 2. The molecule has 1 N–H and O–H groups in total. The largest absolute Gasteiger partial charge is 0.444 e. The summed E-state index contributed by atoms with van der Waals surface area (Å²) >= 11 is 0. The van der Waals surface area contributed by atoms with Crippen molar-refractivity contribution in [2.45, 2.75) is 52.2 Å². The lowest BCUT2D eigenvalue weighted by Gasteiger charge is -2.62. The predicted molar refractivity (Wildman–Crippen MR) is 139 cm³/mol. The van der Waals surface area contributed by atoms with E-state index in [4.69, 9.17) is 4.74 Å². The van der Waals surface area contributed by atoms with Gasteiger partial charge in [0.25, 0.3) is 0 Å². The summed E-state index contributed by atoms with van der Waals surface area (Å²) in [7, 11) is 0. The van der Waals surface area contributed by atoms with E-state index in [2.05, 4.69) is 29.4 Å². The molecule has 0 radical (unpaired) electrons. The Hall–Kier alpha value is -3.25. The number of aromatic nitrogens is 1. The number of likely N-dealkylation sites (tertiary alicyclic amines) is 1. The molecule has 3 heterocycles. The first-order valence-electron chi connectivity index (χ1n) is 12.7. The number of hydrogen-bond donors (Lipinski definition) is 1. The predicted octanol–water partition coefficient (Wildman–Crippen LogP) is 5.92. The first-order chi connectivity index (χ1) is 17.2. The molecule has 2 aliphatic heterocycles. The molecule has 0 saturated carbocycles. The minimum Gasteiger partial charge on any atom is -0.444 e. The molecular formula is C30H34FN3O2. The Morgan fingerprint density at radius 1 is 1.11 bits per heavy atom. The van der Waals surface area contributed by atoms with Crippen molar-refractivity contribution in [3.63, 3.8) is 0 Å². The number of carbonyl (C=O) groups excluding carboxylic acids is 1. The second kappa shape index (κ2) is 9.32. The van der Waals surface area contributed by atoms with Crippen LogP contribution in [0, 0.1) is 11.2 Å². The van der Waals surface area contributed by atoms with Gasteiger partial charge in [-0.3, -0.25) is 9.88 Å². The maximum atomic E-state index is 14.4. The van der Waals surface area contributed by atoms with E-state index in [1.165, 1.54) is 11.6 Å². The number of aryl methyl sites for hydroxylation is 1. The van der Waals surface area contributed by atoms with Crippen LogP contribution < -0.4 is 5.32 Å². The van der Waals surface area contributed by atoms with Crippen LogP contribution in [0.1, 0.15) is 56.0 Å². The Labute approximate surface area is 212 Å². The van der Waals surface area contributed by atoms with Gasteiger partial charge in [0, 0.05) is 37.4 Å². The van der Waals surface area contributed by atoms with Crippen LogP contribution in [0.25, 0.3) is 11.1 Å². The van der Waals surface area contributed by atoms with Crippen molar-refractivity contribution < 1.29 is 13.9 Å². The maximum absolute atomic E-state index is 14.4. The zero-order chi connectivity index (χ0) is 25.5. The van der Waals surface area contributed by atoms with Gasteiger partial charge in [0.2, 0.25) is 0 Å². The van der Waals surface area contributed by atoms with Gasteiger partial charge in [-0.05, 0) is 85.2 Å². The minimum absolute atomic E-state index is 0.00738. The zero-order valence-corrected chi connectivity index (χ0v) is 21.5. The fourth-order valence-corrected chi connectivity index (χ4v) is 5.58. The highest BCUT2D eigenvalue weighted by Crippen LogP contribution is 2.52. The van der Waals surface area contributed by atoms with E-state index in [0.29, 0.717) is 13.0 Å². The molecule has 5 nitrogen and oxygen atoms in total. The van der Waals surface area contributed by atoms with E-state index in [0.717, 1.165) is 47.3 Å². The molecule has 188 valence electrons. The van der Waals surface area contributed by atoms with Crippen LogP contribution in [0.15, 0.2) is 60.9 Å². The van der Waals surface area contributed by atoms with Crippen molar-refractivity contribution in [3.8, 4) is 11.1 Å². The quantitative estimate of drug-likeness (QED) is 0.485. The first-order valence-corrected chi connectivity index (χ1v) is 12.7. The summed E-state index contributed by atoms with van der Waals surface area (Å²) in [5.74, 6) is -0.249. The molecule has 1 atom stereocenters. The molecule has 0 aliphatic carbocycles. The molecule has 6 heteroatoms. The third-order valence-electron chi connectivity index (χ3n) is 7.34. The van der Waals surface area contributed by atoms with Crippen molar-refractivity contribution in [1.82, 2.24) is 15.2 Å². The number of hydrogen-bond acceptors (Lipinski definition) is 4. The van der Waals surface area contributed by atoms with Crippen molar-refractivity contribution >= 4 is 6.09 Å². The zero-order valence-electron chi connectivity index (χ0n) is 21.5.